The zero-order chi connectivity index (χ0) is 26.8. The van der Waals surface area contributed by atoms with E-state index in [1.54, 1.807) is 42.5 Å². The molecule has 38 heavy (non-hydrogen) atoms. The van der Waals surface area contributed by atoms with Crippen LogP contribution in [0.5, 0.6) is 0 Å². The van der Waals surface area contributed by atoms with Crippen molar-refractivity contribution >= 4 is 27.2 Å². The Morgan fingerprint density at radius 2 is 1.61 bits per heavy atom. The van der Waals surface area contributed by atoms with E-state index in [1.165, 1.54) is 0 Å². The summed E-state index contributed by atoms with van der Waals surface area (Å²) in [5, 5.41) is 18.9. The first-order chi connectivity index (χ1) is 17.6. The van der Waals surface area contributed by atoms with Gasteiger partial charge >= 0.3 is 29.6 Å². The number of ketones is 1. The Balaban J connectivity index is 0.00000400. The summed E-state index contributed by atoms with van der Waals surface area (Å²) in [4.78, 5) is 15.1. The normalized spacial score (nSPS) is 17.8. The molecule has 0 radical (unpaired) electrons. The molecule has 2 aliphatic rings. The number of nitrogens with zero attached hydrogens (tertiary/aromatic N) is 3. The Labute approximate surface area is 245 Å². The number of carbonyl (C=O) groups is 1. The molecule has 0 saturated heterocycles. The van der Waals surface area contributed by atoms with Crippen molar-refractivity contribution in [1.82, 2.24) is 0 Å². The molecule has 1 aliphatic heterocycles. The topological polar surface area (TPSA) is 125 Å². The van der Waals surface area contributed by atoms with Crippen LogP contribution in [0.25, 0.3) is 5.57 Å². The summed E-state index contributed by atoms with van der Waals surface area (Å²) in [5.41, 5.74) is 4.06. The molecule has 0 unspecified atom stereocenters. The molecule has 0 saturated carbocycles. The minimum atomic E-state index is -4.31. The molecular formula is C29H24N3NaO4S. The smallest absolute Gasteiger partial charge is 0.748 e. The molecule has 0 aromatic heterocycles. The molecule has 186 valence electrons. The van der Waals surface area contributed by atoms with E-state index in [1.807, 2.05) is 47.4 Å². The summed E-state index contributed by atoms with van der Waals surface area (Å²) in [6.45, 7) is 4.49. The van der Waals surface area contributed by atoms with Crippen LogP contribution in [0.2, 0.25) is 0 Å². The standard InChI is InChI=1S/C29H25N3O4S.Na/c1-29(2)24-13-6-7-14-25(24)32(16-9-17-37(34,35)36)26(29)15-8-5-12-23-27(20(18-30)19-31)21-10-3-4-11-22(21)28(23)33;/h3-8,10-15H,9,16-17H2,1-2H3,(H,34,35,36);/q;+1/p-1/b8-5+,23-12+,26-15-;. The third-order valence-corrected chi connectivity index (χ3v) is 7.42. The minimum absolute atomic E-state index is 0. The van der Waals surface area contributed by atoms with Crippen molar-refractivity contribution in [2.45, 2.75) is 25.7 Å². The van der Waals surface area contributed by atoms with E-state index in [2.05, 4.69) is 13.8 Å². The Hall–Kier alpha value is -3.24. The molecule has 0 fully saturated rings. The predicted molar refractivity (Wildman–Crippen MR) is 140 cm³/mol. The SMILES string of the molecule is CC1(C)/C(=C/C=C/C=C2/C(=O)c3ccccc3C2=C(C#N)C#N)N(CCCS(=O)(=O)[O-])c2ccccc21.[Na+]. The van der Waals surface area contributed by atoms with Gasteiger partial charge in [-0.15, -0.1) is 0 Å². The van der Waals surface area contributed by atoms with Gasteiger partial charge in [0.05, 0.1) is 10.1 Å². The molecule has 0 atom stereocenters. The van der Waals surface area contributed by atoms with Crippen LogP contribution in [0.1, 0.15) is 41.8 Å². The zero-order valence-electron chi connectivity index (χ0n) is 21.4. The van der Waals surface area contributed by atoms with Gasteiger partial charge in [-0.25, -0.2) is 8.42 Å². The van der Waals surface area contributed by atoms with E-state index >= 15 is 0 Å². The van der Waals surface area contributed by atoms with Crippen LogP contribution in [-0.4, -0.2) is 31.1 Å². The molecule has 0 N–H and O–H groups in total. The fourth-order valence-corrected chi connectivity index (χ4v) is 5.43. The second-order valence-electron chi connectivity index (χ2n) is 9.27. The zero-order valence-corrected chi connectivity index (χ0v) is 24.2. The molecule has 4 rings (SSSR count). The van der Waals surface area contributed by atoms with Crippen LogP contribution in [0.4, 0.5) is 5.69 Å². The molecule has 1 aliphatic carbocycles. The molecule has 1 heterocycles. The van der Waals surface area contributed by atoms with Crippen molar-refractivity contribution in [2.75, 3.05) is 17.2 Å². The molecule has 9 heteroatoms. The second-order valence-corrected chi connectivity index (χ2v) is 10.8. The number of rotatable bonds is 6. The Kier molecular flexibility index (Phi) is 8.99. The van der Waals surface area contributed by atoms with Gasteiger partial charge in [0.1, 0.15) is 17.7 Å². The van der Waals surface area contributed by atoms with Gasteiger partial charge in [0.15, 0.2) is 5.78 Å². The van der Waals surface area contributed by atoms with E-state index in [4.69, 9.17) is 0 Å². The van der Waals surface area contributed by atoms with Crippen molar-refractivity contribution in [3.05, 3.63) is 106 Å². The number of carbonyl (C=O) groups excluding carboxylic acids is 1. The third kappa shape index (κ3) is 5.61. The molecule has 0 spiro atoms. The largest absolute Gasteiger partial charge is 1.00 e. The average Bonchev–Trinajstić information content (AvgIpc) is 3.25. The maximum absolute atomic E-state index is 13.0. The number of nitriles is 2. The number of benzene rings is 2. The minimum Gasteiger partial charge on any atom is -0.748 e. The number of anilines is 1. The fourth-order valence-electron chi connectivity index (χ4n) is 4.95. The maximum atomic E-state index is 13.0. The Morgan fingerprint density at radius 3 is 2.26 bits per heavy atom. The number of para-hydroxylation sites is 1. The molecule has 7 nitrogen and oxygen atoms in total. The van der Waals surface area contributed by atoms with Crippen molar-refractivity contribution in [1.29, 1.82) is 10.5 Å². The first-order valence-corrected chi connectivity index (χ1v) is 13.3. The fraction of sp³-hybridized carbons (Fsp3) is 0.207. The molecule has 0 amide bonds. The van der Waals surface area contributed by atoms with E-state index in [0.717, 1.165) is 16.9 Å². The van der Waals surface area contributed by atoms with Crippen molar-refractivity contribution in [3.8, 4) is 12.1 Å². The number of allylic oxidation sites excluding steroid dienone is 8. The van der Waals surface area contributed by atoms with Gasteiger partial charge in [-0.2, -0.15) is 10.5 Å². The van der Waals surface area contributed by atoms with E-state index in [0.29, 0.717) is 23.2 Å². The van der Waals surface area contributed by atoms with E-state index in [-0.39, 0.29) is 58.3 Å². The summed E-state index contributed by atoms with van der Waals surface area (Å²) in [7, 11) is -4.31. The van der Waals surface area contributed by atoms with Gasteiger partial charge in [-0.3, -0.25) is 4.79 Å². The van der Waals surface area contributed by atoms with E-state index < -0.39 is 15.9 Å². The molecule has 0 bridgehead atoms. The maximum Gasteiger partial charge on any atom is 1.00 e. The van der Waals surface area contributed by atoms with Gasteiger partial charge in [0.25, 0.3) is 0 Å². The second kappa shape index (κ2) is 11.7. The van der Waals surface area contributed by atoms with Crippen LogP contribution in [0.3, 0.4) is 0 Å². The number of hydrogen-bond acceptors (Lipinski definition) is 7. The molecular weight excluding hydrogens is 509 g/mol. The van der Waals surface area contributed by atoms with Gasteiger partial charge in [-0.1, -0.05) is 74.5 Å². The first-order valence-electron chi connectivity index (χ1n) is 11.7. The Bertz CT molecular complexity index is 1590. The molecule has 2 aromatic rings. The van der Waals surface area contributed by atoms with Crippen molar-refractivity contribution in [3.63, 3.8) is 0 Å². The van der Waals surface area contributed by atoms with Crippen molar-refractivity contribution in [2.24, 2.45) is 0 Å². The summed E-state index contributed by atoms with van der Waals surface area (Å²) in [5.74, 6) is -0.695. The quantitative estimate of drug-likeness (QED) is 0.240. The van der Waals surface area contributed by atoms with Crippen LogP contribution in [-0.2, 0) is 15.5 Å². The average molecular weight is 534 g/mol. The summed E-state index contributed by atoms with van der Waals surface area (Å²) in [6.07, 6.45) is 7.16. The van der Waals surface area contributed by atoms with Gasteiger partial charge in [0, 0.05) is 45.8 Å². The first kappa shape index (κ1) is 29.3. The summed E-state index contributed by atoms with van der Waals surface area (Å²) in [6, 6.07) is 18.5. The van der Waals surface area contributed by atoms with Crippen LogP contribution in [0, 0.1) is 22.7 Å². The van der Waals surface area contributed by atoms with Crippen molar-refractivity contribution < 1.29 is 47.3 Å². The summed E-state index contributed by atoms with van der Waals surface area (Å²) < 4.78 is 33.4. The monoisotopic (exact) mass is 533 g/mol. The number of fused-ring (bicyclic) bond motifs is 2. The predicted octanol–water partition coefficient (Wildman–Crippen LogP) is 1.79. The number of hydrogen-bond donors (Lipinski definition) is 0. The number of Topliss-reactive ketones (excluding diaryl/α,β-unsaturated/α-hetero) is 1. The van der Waals surface area contributed by atoms with Crippen LogP contribution in [0.15, 0.2) is 89.7 Å². The van der Waals surface area contributed by atoms with Crippen LogP contribution >= 0.6 is 0 Å². The van der Waals surface area contributed by atoms with Crippen LogP contribution < -0.4 is 34.5 Å². The Morgan fingerprint density at radius 1 is 1.00 bits per heavy atom. The molecule has 2 aromatic carbocycles. The van der Waals surface area contributed by atoms with Gasteiger partial charge < -0.3 is 9.45 Å². The third-order valence-electron chi connectivity index (χ3n) is 6.63. The van der Waals surface area contributed by atoms with Gasteiger partial charge in [0.2, 0.25) is 0 Å². The van der Waals surface area contributed by atoms with E-state index in [9.17, 15) is 28.3 Å². The van der Waals surface area contributed by atoms with Gasteiger partial charge in [-0.05, 0) is 29.7 Å². The summed E-state index contributed by atoms with van der Waals surface area (Å²) >= 11 is 0.